The first-order chi connectivity index (χ1) is 11.6. The van der Waals surface area contributed by atoms with Crippen LogP contribution >= 0.6 is 0 Å². The first kappa shape index (κ1) is 15.1. The Bertz CT molecular complexity index is 763. The standard InChI is InChI=1S/C19H22N4O/c1-13-3-5-15(6-4-13)23-12-17-16(18(23)24)11-20-19(21-17)22-9-7-14(2)8-10-22/h3-6,11,14H,7-10,12H2,1-2H3. The second-order valence-electron chi connectivity index (χ2n) is 6.93. The Morgan fingerprint density at radius 2 is 1.83 bits per heavy atom. The van der Waals surface area contributed by atoms with Crippen molar-refractivity contribution in [2.75, 3.05) is 22.9 Å². The molecule has 0 unspecified atom stereocenters. The maximum atomic E-state index is 12.6. The molecule has 1 saturated heterocycles. The van der Waals surface area contributed by atoms with Gasteiger partial charge in [-0.05, 0) is 37.8 Å². The zero-order chi connectivity index (χ0) is 16.7. The molecule has 1 amide bonds. The third kappa shape index (κ3) is 2.64. The van der Waals surface area contributed by atoms with Crippen LogP contribution in [0.25, 0.3) is 0 Å². The highest BCUT2D eigenvalue weighted by molar-refractivity contribution is 6.09. The van der Waals surface area contributed by atoms with E-state index in [1.54, 1.807) is 11.1 Å². The predicted octanol–water partition coefficient (Wildman–Crippen LogP) is 3.18. The van der Waals surface area contributed by atoms with Crippen molar-refractivity contribution in [3.63, 3.8) is 0 Å². The number of anilines is 2. The normalized spacial score (nSPS) is 18.2. The molecule has 2 aliphatic heterocycles. The first-order valence-corrected chi connectivity index (χ1v) is 8.61. The Morgan fingerprint density at radius 3 is 2.54 bits per heavy atom. The average molecular weight is 322 g/mol. The van der Waals surface area contributed by atoms with Crippen LogP contribution in [0.2, 0.25) is 0 Å². The molecule has 2 aromatic rings. The van der Waals surface area contributed by atoms with Crippen LogP contribution in [0.1, 0.15) is 41.4 Å². The lowest BCUT2D eigenvalue weighted by Gasteiger charge is -2.30. The molecule has 0 radical (unpaired) electrons. The number of fused-ring (bicyclic) bond motifs is 1. The fraction of sp³-hybridized carbons (Fsp3) is 0.421. The first-order valence-electron chi connectivity index (χ1n) is 8.61. The molecular weight excluding hydrogens is 300 g/mol. The van der Waals surface area contributed by atoms with Crippen molar-refractivity contribution >= 4 is 17.5 Å². The van der Waals surface area contributed by atoms with Crippen LogP contribution in [0.3, 0.4) is 0 Å². The van der Waals surface area contributed by atoms with Crippen molar-refractivity contribution in [1.29, 1.82) is 0 Å². The van der Waals surface area contributed by atoms with Gasteiger partial charge in [0.2, 0.25) is 5.95 Å². The Morgan fingerprint density at radius 1 is 1.12 bits per heavy atom. The number of carbonyl (C=O) groups excluding carboxylic acids is 1. The Kier molecular flexibility index (Phi) is 3.71. The number of nitrogens with zero attached hydrogens (tertiary/aromatic N) is 4. The van der Waals surface area contributed by atoms with Gasteiger partial charge in [0.25, 0.3) is 5.91 Å². The number of carbonyl (C=O) groups is 1. The van der Waals surface area contributed by atoms with Crippen molar-refractivity contribution in [1.82, 2.24) is 9.97 Å². The highest BCUT2D eigenvalue weighted by Crippen LogP contribution is 2.29. The number of piperidine rings is 1. The van der Waals surface area contributed by atoms with Crippen molar-refractivity contribution in [3.05, 3.63) is 47.3 Å². The number of aromatic nitrogens is 2. The van der Waals surface area contributed by atoms with E-state index in [-0.39, 0.29) is 5.91 Å². The largest absolute Gasteiger partial charge is 0.341 e. The number of aryl methyl sites for hydroxylation is 1. The molecule has 0 spiro atoms. The van der Waals surface area contributed by atoms with Crippen molar-refractivity contribution < 1.29 is 4.79 Å². The van der Waals surface area contributed by atoms with Crippen molar-refractivity contribution in [2.24, 2.45) is 5.92 Å². The van der Waals surface area contributed by atoms with Crippen LogP contribution < -0.4 is 9.80 Å². The molecule has 1 aromatic carbocycles. The van der Waals surface area contributed by atoms with E-state index in [1.165, 1.54) is 18.4 Å². The van der Waals surface area contributed by atoms with E-state index in [0.29, 0.717) is 12.1 Å². The Balaban J connectivity index is 1.58. The number of benzene rings is 1. The monoisotopic (exact) mass is 322 g/mol. The van der Waals surface area contributed by atoms with Crippen LogP contribution in [0.15, 0.2) is 30.5 Å². The van der Waals surface area contributed by atoms with E-state index in [9.17, 15) is 4.79 Å². The summed E-state index contributed by atoms with van der Waals surface area (Å²) in [6.07, 6.45) is 4.05. The number of hydrogen-bond donors (Lipinski definition) is 0. The summed E-state index contributed by atoms with van der Waals surface area (Å²) in [4.78, 5) is 25.8. The molecule has 2 aliphatic rings. The summed E-state index contributed by atoms with van der Waals surface area (Å²) < 4.78 is 0. The molecule has 5 heteroatoms. The third-order valence-electron chi connectivity index (χ3n) is 5.05. The fourth-order valence-corrected chi connectivity index (χ4v) is 3.37. The number of rotatable bonds is 2. The zero-order valence-electron chi connectivity index (χ0n) is 14.2. The number of hydrogen-bond acceptors (Lipinski definition) is 4. The highest BCUT2D eigenvalue weighted by atomic mass is 16.2. The van der Waals surface area contributed by atoms with Gasteiger partial charge in [-0.2, -0.15) is 0 Å². The smallest absolute Gasteiger partial charge is 0.262 e. The summed E-state index contributed by atoms with van der Waals surface area (Å²) in [6, 6.07) is 8.02. The van der Waals surface area contributed by atoms with E-state index >= 15 is 0 Å². The summed E-state index contributed by atoms with van der Waals surface area (Å²) in [5.41, 5.74) is 3.56. The topological polar surface area (TPSA) is 49.3 Å². The molecule has 0 atom stereocenters. The molecule has 0 saturated carbocycles. The van der Waals surface area contributed by atoms with Crippen LogP contribution in [0.5, 0.6) is 0 Å². The molecule has 5 nitrogen and oxygen atoms in total. The predicted molar refractivity (Wildman–Crippen MR) is 94.3 cm³/mol. The molecule has 3 heterocycles. The molecule has 0 aliphatic carbocycles. The van der Waals surface area contributed by atoms with E-state index in [1.807, 2.05) is 31.2 Å². The van der Waals surface area contributed by atoms with Crippen molar-refractivity contribution in [2.45, 2.75) is 33.2 Å². The third-order valence-corrected chi connectivity index (χ3v) is 5.05. The quantitative estimate of drug-likeness (QED) is 0.852. The van der Waals surface area contributed by atoms with Crippen molar-refractivity contribution in [3.8, 4) is 0 Å². The molecule has 1 aromatic heterocycles. The lowest BCUT2D eigenvalue weighted by molar-refractivity contribution is 0.0996. The van der Waals surface area contributed by atoms with Crippen LogP contribution in [0.4, 0.5) is 11.6 Å². The minimum absolute atomic E-state index is 0.00679. The van der Waals surface area contributed by atoms with E-state index < -0.39 is 0 Å². The summed E-state index contributed by atoms with van der Waals surface area (Å²) in [6.45, 7) is 6.85. The SMILES string of the molecule is Cc1ccc(N2Cc3nc(N4CCC(C)CC4)ncc3C2=O)cc1. The molecule has 24 heavy (non-hydrogen) atoms. The van der Waals surface area contributed by atoms with E-state index in [0.717, 1.165) is 36.3 Å². The van der Waals surface area contributed by atoms with Crippen LogP contribution in [-0.2, 0) is 6.54 Å². The van der Waals surface area contributed by atoms with Gasteiger partial charge in [0.15, 0.2) is 0 Å². The van der Waals surface area contributed by atoms with E-state index in [4.69, 9.17) is 4.98 Å². The van der Waals surface area contributed by atoms with Crippen LogP contribution in [-0.4, -0.2) is 29.0 Å². The fourth-order valence-electron chi connectivity index (χ4n) is 3.37. The minimum atomic E-state index is -0.00679. The Labute approximate surface area is 142 Å². The van der Waals surface area contributed by atoms with E-state index in [2.05, 4.69) is 16.8 Å². The maximum Gasteiger partial charge on any atom is 0.262 e. The van der Waals surface area contributed by atoms with Crippen LogP contribution in [0, 0.1) is 12.8 Å². The van der Waals surface area contributed by atoms with Gasteiger partial charge in [-0.15, -0.1) is 0 Å². The maximum absolute atomic E-state index is 12.6. The second-order valence-corrected chi connectivity index (χ2v) is 6.93. The summed E-state index contributed by atoms with van der Waals surface area (Å²) in [5, 5.41) is 0. The zero-order valence-corrected chi connectivity index (χ0v) is 14.2. The van der Waals surface area contributed by atoms with Gasteiger partial charge in [0.1, 0.15) is 0 Å². The summed E-state index contributed by atoms with van der Waals surface area (Å²) in [5.74, 6) is 1.53. The van der Waals surface area contributed by atoms with Gasteiger partial charge >= 0.3 is 0 Å². The number of amides is 1. The summed E-state index contributed by atoms with van der Waals surface area (Å²) in [7, 11) is 0. The highest BCUT2D eigenvalue weighted by Gasteiger charge is 2.31. The molecule has 124 valence electrons. The molecule has 4 rings (SSSR count). The van der Waals surface area contributed by atoms with Gasteiger partial charge in [-0.1, -0.05) is 24.6 Å². The minimum Gasteiger partial charge on any atom is -0.341 e. The van der Waals surface area contributed by atoms with Gasteiger partial charge in [-0.25, -0.2) is 9.97 Å². The second kappa shape index (κ2) is 5.89. The average Bonchev–Trinajstić information content (AvgIpc) is 2.92. The molecular formula is C19H22N4O. The van der Waals surface area contributed by atoms with Gasteiger partial charge in [0, 0.05) is 25.0 Å². The lowest BCUT2D eigenvalue weighted by Crippen LogP contribution is -2.34. The van der Waals surface area contributed by atoms with Gasteiger partial charge < -0.3 is 9.80 Å². The lowest BCUT2D eigenvalue weighted by atomic mass is 10.00. The van der Waals surface area contributed by atoms with Gasteiger partial charge in [0.05, 0.1) is 17.8 Å². The Hall–Kier alpha value is -2.43. The summed E-state index contributed by atoms with van der Waals surface area (Å²) >= 11 is 0. The molecule has 0 bridgehead atoms. The van der Waals surface area contributed by atoms with Gasteiger partial charge in [-0.3, -0.25) is 4.79 Å². The molecule has 0 N–H and O–H groups in total. The molecule has 1 fully saturated rings.